The maximum Gasteiger partial charge on any atom is 0.432 e. The molecule has 0 saturated carbocycles. The summed E-state index contributed by atoms with van der Waals surface area (Å²) in [5, 5.41) is 8.29. The number of carbonyl (C=O) groups is 1. The van der Waals surface area contributed by atoms with E-state index in [1.807, 2.05) is 0 Å². The van der Waals surface area contributed by atoms with Gasteiger partial charge < -0.3 is 5.11 Å². The summed E-state index contributed by atoms with van der Waals surface area (Å²) in [6, 6.07) is 0. The van der Waals surface area contributed by atoms with Gasteiger partial charge in [-0.2, -0.15) is 13.2 Å². The summed E-state index contributed by atoms with van der Waals surface area (Å²) in [6.45, 7) is -0.399. The van der Waals surface area contributed by atoms with Crippen LogP contribution >= 0.6 is 0 Å². The van der Waals surface area contributed by atoms with E-state index in [1.54, 1.807) is 0 Å². The Labute approximate surface area is 65.2 Å². The van der Waals surface area contributed by atoms with Gasteiger partial charge in [0, 0.05) is 0 Å². The van der Waals surface area contributed by atoms with Crippen molar-refractivity contribution in [3.8, 4) is 0 Å². The van der Waals surface area contributed by atoms with Gasteiger partial charge in [-0.25, -0.2) is 4.79 Å². The lowest BCUT2D eigenvalue weighted by atomic mass is 10.2. The molecule has 0 fully saturated rings. The van der Waals surface area contributed by atoms with Crippen molar-refractivity contribution in [1.29, 1.82) is 0 Å². The lowest BCUT2D eigenvalue weighted by Gasteiger charge is -2.01. The number of aliphatic imine (C=N–C) groups is 1. The Hall–Kier alpha value is -1.33. The number of hydrogen-bond acceptors (Lipinski definition) is 2. The minimum Gasteiger partial charge on any atom is -0.478 e. The lowest BCUT2D eigenvalue weighted by molar-refractivity contribution is -0.132. The molecule has 1 heterocycles. The highest BCUT2D eigenvalue weighted by atomic mass is 19.4. The van der Waals surface area contributed by atoms with Crippen LogP contribution in [0.25, 0.3) is 0 Å². The molecular formula is C6H4F3NO2. The molecule has 3 nitrogen and oxygen atoms in total. The molecule has 0 aromatic rings. The zero-order valence-electron chi connectivity index (χ0n) is 5.72. The van der Waals surface area contributed by atoms with Gasteiger partial charge in [0.05, 0.1) is 12.1 Å². The highest BCUT2D eigenvalue weighted by molar-refractivity contribution is 6.07. The first kappa shape index (κ1) is 8.76. The summed E-state index contributed by atoms with van der Waals surface area (Å²) in [5.74, 6) is -1.36. The van der Waals surface area contributed by atoms with Gasteiger partial charge in [0.2, 0.25) is 0 Å². The molecule has 66 valence electrons. The van der Waals surface area contributed by atoms with Crippen LogP contribution in [0.3, 0.4) is 0 Å². The molecule has 0 aromatic carbocycles. The Morgan fingerprint density at radius 3 is 2.42 bits per heavy atom. The number of allylic oxidation sites excluding steroid dienone is 1. The fourth-order valence-electron chi connectivity index (χ4n) is 0.728. The molecule has 0 radical (unpaired) electrons. The predicted molar refractivity (Wildman–Crippen MR) is 34.1 cm³/mol. The zero-order valence-corrected chi connectivity index (χ0v) is 5.72. The molecular weight excluding hydrogens is 175 g/mol. The number of halogens is 3. The first-order valence-electron chi connectivity index (χ1n) is 2.97. The molecule has 1 aliphatic rings. The van der Waals surface area contributed by atoms with Gasteiger partial charge in [0.15, 0.2) is 0 Å². The van der Waals surface area contributed by atoms with Crippen LogP contribution < -0.4 is 0 Å². The number of hydrogen-bond donors (Lipinski definition) is 1. The highest BCUT2D eigenvalue weighted by Crippen LogP contribution is 2.22. The van der Waals surface area contributed by atoms with Crippen molar-refractivity contribution in [3.63, 3.8) is 0 Å². The molecule has 1 aliphatic heterocycles. The quantitative estimate of drug-likeness (QED) is 0.653. The summed E-state index contributed by atoms with van der Waals surface area (Å²) in [7, 11) is 0. The number of nitrogens with zero attached hydrogens (tertiary/aromatic N) is 1. The van der Waals surface area contributed by atoms with Gasteiger partial charge in [-0.1, -0.05) is 0 Å². The smallest absolute Gasteiger partial charge is 0.432 e. The van der Waals surface area contributed by atoms with Crippen LogP contribution in [-0.4, -0.2) is 29.5 Å². The third-order valence-corrected chi connectivity index (χ3v) is 1.30. The maximum atomic E-state index is 11.8. The van der Waals surface area contributed by atoms with E-state index >= 15 is 0 Å². The summed E-state index contributed by atoms with van der Waals surface area (Å²) >= 11 is 0. The normalized spacial score (nSPS) is 17.2. The van der Waals surface area contributed by atoms with Crippen LogP contribution in [-0.2, 0) is 4.79 Å². The Balaban J connectivity index is 2.82. The fourth-order valence-corrected chi connectivity index (χ4v) is 0.728. The largest absolute Gasteiger partial charge is 0.478 e. The van der Waals surface area contributed by atoms with E-state index in [0.29, 0.717) is 6.08 Å². The lowest BCUT2D eigenvalue weighted by Crippen LogP contribution is -2.19. The Bertz CT molecular complexity index is 277. The molecule has 0 aromatic heterocycles. The van der Waals surface area contributed by atoms with Gasteiger partial charge in [0.25, 0.3) is 0 Å². The Kier molecular flexibility index (Phi) is 1.91. The molecule has 12 heavy (non-hydrogen) atoms. The second-order valence-electron chi connectivity index (χ2n) is 2.17. The number of rotatable bonds is 1. The molecule has 0 atom stereocenters. The molecule has 0 aliphatic carbocycles. The van der Waals surface area contributed by atoms with Crippen LogP contribution in [0, 0.1) is 0 Å². The average Bonchev–Trinajstić information content (AvgIpc) is 2.30. The Morgan fingerprint density at radius 2 is 2.17 bits per heavy atom. The first-order valence-corrected chi connectivity index (χ1v) is 2.97. The number of carboxylic acids is 1. The van der Waals surface area contributed by atoms with Crippen LogP contribution in [0.5, 0.6) is 0 Å². The van der Waals surface area contributed by atoms with Gasteiger partial charge in [-0.05, 0) is 6.08 Å². The van der Waals surface area contributed by atoms with Crippen molar-refractivity contribution in [2.75, 3.05) is 6.54 Å². The number of alkyl halides is 3. The van der Waals surface area contributed by atoms with Gasteiger partial charge in [0.1, 0.15) is 5.71 Å². The molecule has 0 saturated heterocycles. The van der Waals surface area contributed by atoms with E-state index < -0.39 is 24.4 Å². The number of aliphatic carboxylic acids is 1. The van der Waals surface area contributed by atoms with Crippen molar-refractivity contribution >= 4 is 11.7 Å². The second kappa shape index (κ2) is 2.62. The molecule has 1 rings (SSSR count). The van der Waals surface area contributed by atoms with Crippen molar-refractivity contribution in [3.05, 3.63) is 11.6 Å². The molecule has 0 bridgehead atoms. The predicted octanol–water partition coefficient (Wildman–Crippen LogP) is 1.01. The minimum absolute atomic E-state index is 0.331. The molecule has 0 spiro atoms. The standard InChI is InChI=1S/C6H4F3NO2/c7-6(8,9)4-1-3(2-10-4)5(11)12/h1H,2H2,(H,11,12). The fraction of sp³-hybridized carbons (Fsp3) is 0.333. The monoisotopic (exact) mass is 179 g/mol. The highest BCUT2D eigenvalue weighted by Gasteiger charge is 2.36. The number of carboxylic acid groups (broad SMARTS) is 1. The van der Waals surface area contributed by atoms with E-state index in [9.17, 15) is 18.0 Å². The molecule has 6 heteroatoms. The minimum atomic E-state index is -4.54. The summed E-state index contributed by atoms with van der Waals surface area (Å²) in [5.41, 5.74) is -1.46. The van der Waals surface area contributed by atoms with E-state index in [2.05, 4.69) is 4.99 Å². The van der Waals surface area contributed by atoms with E-state index in [1.165, 1.54) is 0 Å². The third kappa shape index (κ3) is 1.63. The SMILES string of the molecule is O=C(O)C1=CC(C(F)(F)F)=NC1. The van der Waals surface area contributed by atoms with E-state index in [-0.39, 0.29) is 5.57 Å². The van der Waals surface area contributed by atoms with E-state index in [0.717, 1.165) is 0 Å². The van der Waals surface area contributed by atoms with Crippen LogP contribution in [0.1, 0.15) is 0 Å². The summed E-state index contributed by atoms with van der Waals surface area (Å²) in [4.78, 5) is 13.2. The van der Waals surface area contributed by atoms with Gasteiger partial charge in [-0.3, -0.25) is 4.99 Å². The average molecular weight is 179 g/mol. The molecule has 1 N–H and O–H groups in total. The first-order chi connectivity index (χ1) is 5.41. The molecule has 0 unspecified atom stereocenters. The van der Waals surface area contributed by atoms with Crippen LogP contribution in [0.2, 0.25) is 0 Å². The molecule has 0 amide bonds. The van der Waals surface area contributed by atoms with Crippen LogP contribution in [0.15, 0.2) is 16.6 Å². The Morgan fingerprint density at radius 1 is 1.58 bits per heavy atom. The van der Waals surface area contributed by atoms with Gasteiger partial charge >= 0.3 is 12.1 Å². The summed E-state index contributed by atoms with van der Waals surface area (Å²) in [6.07, 6.45) is -4.00. The van der Waals surface area contributed by atoms with Crippen molar-refractivity contribution in [2.24, 2.45) is 4.99 Å². The second-order valence-corrected chi connectivity index (χ2v) is 2.17. The summed E-state index contributed by atoms with van der Waals surface area (Å²) < 4.78 is 35.5. The topological polar surface area (TPSA) is 49.7 Å². The maximum absolute atomic E-state index is 11.8. The van der Waals surface area contributed by atoms with Crippen molar-refractivity contribution in [1.82, 2.24) is 0 Å². The van der Waals surface area contributed by atoms with Crippen LogP contribution in [0.4, 0.5) is 13.2 Å². The third-order valence-electron chi connectivity index (χ3n) is 1.30. The zero-order chi connectivity index (χ0) is 9.35. The van der Waals surface area contributed by atoms with Gasteiger partial charge in [-0.15, -0.1) is 0 Å². The van der Waals surface area contributed by atoms with E-state index in [4.69, 9.17) is 5.11 Å². The van der Waals surface area contributed by atoms with Crippen molar-refractivity contribution < 1.29 is 23.1 Å². The van der Waals surface area contributed by atoms with Crippen molar-refractivity contribution in [2.45, 2.75) is 6.18 Å².